The van der Waals surface area contributed by atoms with Crippen LogP contribution in [0.3, 0.4) is 0 Å². The zero-order valence-electron chi connectivity index (χ0n) is 28.5. The van der Waals surface area contributed by atoms with Gasteiger partial charge in [-0.05, 0) is 64.2 Å². The lowest BCUT2D eigenvalue weighted by Gasteiger charge is -2.19. The van der Waals surface area contributed by atoms with Crippen LogP contribution in [0.2, 0.25) is 0 Å². The van der Waals surface area contributed by atoms with Gasteiger partial charge >= 0.3 is 0 Å². The van der Waals surface area contributed by atoms with Crippen molar-refractivity contribution < 1.29 is 15.0 Å². The van der Waals surface area contributed by atoms with Gasteiger partial charge in [0.2, 0.25) is 5.91 Å². The third-order valence-electron chi connectivity index (χ3n) is 7.99. The van der Waals surface area contributed by atoms with Gasteiger partial charge in [-0.25, -0.2) is 0 Å². The number of rotatable bonds is 32. The molecule has 3 N–H and O–H groups in total. The summed E-state index contributed by atoms with van der Waals surface area (Å²) >= 11 is 0. The third-order valence-corrected chi connectivity index (χ3v) is 7.99. The lowest BCUT2D eigenvalue weighted by Crippen LogP contribution is -2.45. The summed E-state index contributed by atoms with van der Waals surface area (Å²) in [6.07, 6.45) is 46.3. The largest absolute Gasteiger partial charge is 0.394 e. The Morgan fingerprint density at radius 3 is 1.44 bits per heavy atom. The number of carbonyl (C=O) groups excluding carboxylic acids is 1. The highest BCUT2D eigenvalue weighted by Crippen LogP contribution is 2.12. The van der Waals surface area contributed by atoms with Crippen molar-refractivity contribution in [2.75, 3.05) is 6.61 Å². The lowest BCUT2D eigenvalue weighted by atomic mass is 10.1. The molecule has 2 unspecified atom stereocenters. The van der Waals surface area contributed by atoms with E-state index in [4.69, 9.17) is 0 Å². The highest BCUT2D eigenvalue weighted by atomic mass is 16.3. The molecule has 0 fully saturated rings. The SMILES string of the molecule is CCC/C=C\CCCCCCCC(=O)NC(CO)C(O)/C=C/CC/C=C/CC/C=C/CCCCCCCCCCCCC. The van der Waals surface area contributed by atoms with E-state index >= 15 is 0 Å². The van der Waals surface area contributed by atoms with Gasteiger partial charge in [0.05, 0.1) is 18.8 Å². The molecule has 0 rings (SSSR count). The fourth-order valence-electron chi connectivity index (χ4n) is 5.15. The first kappa shape index (κ1) is 41.4. The topological polar surface area (TPSA) is 69.6 Å². The Balaban J connectivity index is 3.70. The van der Waals surface area contributed by atoms with Crippen molar-refractivity contribution in [3.63, 3.8) is 0 Å². The lowest BCUT2D eigenvalue weighted by molar-refractivity contribution is -0.123. The fraction of sp³-hybridized carbons (Fsp3) is 0.769. The average molecular weight is 602 g/mol. The number of hydrogen-bond acceptors (Lipinski definition) is 3. The Hall–Kier alpha value is -1.65. The Labute approximate surface area is 267 Å². The molecule has 250 valence electrons. The summed E-state index contributed by atoms with van der Waals surface area (Å²) in [5.74, 6) is -0.0928. The molecule has 0 heterocycles. The van der Waals surface area contributed by atoms with Crippen LogP contribution in [0, 0.1) is 0 Å². The van der Waals surface area contributed by atoms with Crippen LogP contribution in [0.5, 0.6) is 0 Å². The summed E-state index contributed by atoms with van der Waals surface area (Å²) < 4.78 is 0. The van der Waals surface area contributed by atoms with Gasteiger partial charge in [-0.2, -0.15) is 0 Å². The first-order chi connectivity index (χ1) is 21.2. The maximum Gasteiger partial charge on any atom is 0.220 e. The maximum atomic E-state index is 12.2. The zero-order chi connectivity index (χ0) is 31.5. The Morgan fingerprint density at radius 2 is 0.953 bits per heavy atom. The average Bonchev–Trinajstić information content (AvgIpc) is 3.01. The molecule has 0 spiro atoms. The smallest absolute Gasteiger partial charge is 0.220 e. The van der Waals surface area contributed by atoms with Crippen LogP contribution in [0.1, 0.15) is 174 Å². The number of carbonyl (C=O) groups is 1. The molecule has 0 aromatic carbocycles. The van der Waals surface area contributed by atoms with Gasteiger partial charge < -0.3 is 15.5 Å². The molecular weight excluding hydrogens is 530 g/mol. The Bertz CT molecular complexity index is 697. The van der Waals surface area contributed by atoms with Crippen molar-refractivity contribution in [1.29, 1.82) is 0 Å². The molecule has 0 aliphatic rings. The molecule has 0 radical (unpaired) electrons. The molecule has 43 heavy (non-hydrogen) atoms. The van der Waals surface area contributed by atoms with Crippen LogP contribution in [0.15, 0.2) is 48.6 Å². The van der Waals surface area contributed by atoms with E-state index in [1.165, 1.54) is 103 Å². The standard InChI is InChI=1S/C39H71NO3/c1-3-5-7-9-11-13-15-16-17-18-19-20-21-22-23-24-25-26-28-30-32-34-38(42)37(36-41)40-39(43)35-33-31-29-27-14-12-10-8-6-4-2/h8,10,21-22,25-26,32,34,37-38,41-42H,3-7,9,11-20,23-24,27-31,33,35-36H2,1-2H3,(H,40,43)/b10-8-,22-21+,26-25+,34-32+. The molecule has 1 amide bonds. The Morgan fingerprint density at radius 1 is 0.535 bits per heavy atom. The monoisotopic (exact) mass is 602 g/mol. The number of amides is 1. The van der Waals surface area contributed by atoms with Gasteiger partial charge in [0.15, 0.2) is 0 Å². The molecular formula is C39H71NO3. The quantitative estimate of drug-likeness (QED) is 0.0530. The highest BCUT2D eigenvalue weighted by Gasteiger charge is 2.17. The molecule has 0 aliphatic heterocycles. The van der Waals surface area contributed by atoms with Gasteiger partial charge in [-0.1, -0.05) is 152 Å². The summed E-state index contributed by atoms with van der Waals surface area (Å²) in [4.78, 5) is 12.2. The molecule has 4 heteroatoms. The number of aliphatic hydroxyl groups excluding tert-OH is 2. The van der Waals surface area contributed by atoms with Crippen LogP contribution in [-0.2, 0) is 4.79 Å². The molecule has 4 nitrogen and oxygen atoms in total. The summed E-state index contributed by atoms with van der Waals surface area (Å²) in [5.41, 5.74) is 0. The van der Waals surface area contributed by atoms with Crippen LogP contribution in [0.4, 0.5) is 0 Å². The molecule has 0 saturated heterocycles. The van der Waals surface area contributed by atoms with Gasteiger partial charge in [-0.3, -0.25) is 4.79 Å². The van der Waals surface area contributed by atoms with E-state index in [1.807, 2.05) is 6.08 Å². The van der Waals surface area contributed by atoms with E-state index < -0.39 is 12.1 Å². The van der Waals surface area contributed by atoms with Crippen LogP contribution in [0.25, 0.3) is 0 Å². The summed E-state index contributed by atoms with van der Waals surface area (Å²) in [6.45, 7) is 4.21. The zero-order valence-corrected chi connectivity index (χ0v) is 28.5. The van der Waals surface area contributed by atoms with E-state index in [-0.39, 0.29) is 12.5 Å². The first-order valence-electron chi connectivity index (χ1n) is 18.4. The number of hydrogen-bond donors (Lipinski definition) is 3. The van der Waals surface area contributed by atoms with E-state index in [0.29, 0.717) is 6.42 Å². The van der Waals surface area contributed by atoms with Crippen molar-refractivity contribution in [2.24, 2.45) is 0 Å². The fourth-order valence-corrected chi connectivity index (χ4v) is 5.15. The number of unbranched alkanes of at least 4 members (excludes halogenated alkanes) is 19. The van der Waals surface area contributed by atoms with Gasteiger partial charge in [-0.15, -0.1) is 0 Å². The van der Waals surface area contributed by atoms with Crippen molar-refractivity contribution >= 4 is 5.91 Å². The minimum atomic E-state index is -0.871. The first-order valence-corrected chi connectivity index (χ1v) is 18.4. The van der Waals surface area contributed by atoms with E-state index in [0.717, 1.165) is 51.4 Å². The summed E-state index contributed by atoms with van der Waals surface area (Å²) in [5, 5.41) is 22.8. The molecule has 0 aromatic heterocycles. The second-order valence-corrected chi connectivity index (χ2v) is 12.3. The normalized spacial score (nSPS) is 13.7. The van der Waals surface area contributed by atoms with Gasteiger partial charge in [0.1, 0.15) is 0 Å². The molecule has 0 aliphatic carbocycles. The van der Waals surface area contributed by atoms with E-state index in [9.17, 15) is 15.0 Å². The molecule has 0 bridgehead atoms. The number of aliphatic hydroxyl groups is 2. The maximum absolute atomic E-state index is 12.2. The second-order valence-electron chi connectivity index (χ2n) is 12.3. The summed E-state index contributed by atoms with van der Waals surface area (Å²) in [7, 11) is 0. The minimum absolute atomic E-state index is 0.0928. The van der Waals surface area contributed by atoms with Crippen LogP contribution >= 0.6 is 0 Å². The predicted molar refractivity (Wildman–Crippen MR) is 188 cm³/mol. The van der Waals surface area contributed by atoms with Crippen molar-refractivity contribution in [1.82, 2.24) is 5.32 Å². The third kappa shape index (κ3) is 31.6. The Kier molecular flexibility index (Phi) is 33.5. The van der Waals surface area contributed by atoms with Crippen molar-refractivity contribution in [3.8, 4) is 0 Å². The number of nitrogens with one attached hydrogen (secondary N) is 1. The highest BCUT2D eigenvalue weighted by molar-refractivity contribution is 5.76. The minimum Gasteiger partial charge on any atom is -0.394 e. The van der Waals surface area contributed by atoms with Crippen LogP contribution < -0.4 is 5.32 Å². The number of allylic oxidation sites excluding steroid dienone is 7. The van der Waals surface area contributed by atoms with E-state index in [2.05, 4.69) is 55.6 Å². The van der Waals surface area contributed by atoms with E-state index in [1.54, 1.807) is 6.08 Å². The predicted octanol–water partition coefficient (Wildman–Crippen LogP) is 10.8. The van der Waals surface area contributed by atoms with Crippen molar-refractivity contribution in [3.05, 3.63) is 48.6 Å². The van der Waals surface area contributed by atoms with Gasteiger partial charge in [0, 0.05) is 6.42 Å². The van der Waals surface area contributed by atoms with Gasteiger partial charge in [0.25, 0.3) is 0 Å². The van der Waals surface area contributed by atoms with Crippen molar-refractivity contribution in [2.45, 2.75) is 187 Å². The second kappa shape index (κ2) is 34.8. The molecule has 2 atom stereocenters. The van der Waals surface area contributed by atoms with Crippen LogP contribution in [-0.4, -0.2) is 34.9 Å². The molecule has 0 aromatic rings. The molecule has 0 saturated carbocycles. The summed E-state index contributed by atoms with van der Waals surface area (Å²) in [6, 6.07) is -0.647.